The van der Waals surface area contributed by atoms with Gasteiger partial charge in [-0.3, -0.25) is 14.5 Å². The Bertz CT molecular complexity index is 913. The molecule has 27 heavy (non-hydrogen) atoms. The lowest BCUT2D eigenvalue weighted by molar-refractivity contribution is -0.134. The van der Waals surface area contributed by atoms with Gasteiger partial charge in [0.25, 0.3) is 5.91 Å². The largest absolute Gasteiger partial charge is 0.474 e. The smallest absolute Gasteiger partial charge is 0.272 e. The highest BCUT2D eigenvalue weighted by Crippen LogP contribution is 2.38. The fourth-order valence-corrected chi connectivity index (χ4v) is 3.28. The standard InChI is InChI=1S/C18H18Cl2N4O3/c1-9(16(25)22-12-7-10(19)6-11(20)8-12)24-15-13(4-5-14(21)23-15)27-18(2,3)17(24)26/h4-9H,1-3H3,(H2,21,23)(H,22,25). The second kappa shape index (κ2) is 6.90. The Balaban J connectivity index is 1.94. The molecule has 9 heteroatoms. The van der Waals surface area contributed by atoms with Gasteiger partial charge in [-0.1, -0.05) is 23.2 Å². The minimum Gasteiger partial charge on any atom is -0.474 e. The number of nitrogens with zero attached hydrogens (tertiary/aromatic N) is 2. The van der Waals surface area contributed by atoms with Crippen LogP contribution in [-0.4, -0.2) is 28.4 Å². The molecule has 1 aliphatic heterocycles. The predicted octanol–water partition coefficient (Wildman–Crippen LogP) is 3.50. The average Bonchev–Trinajstić information content (AvgIpc) is 2.55. The van der Waals surface area contributed by atoms with Crippen LogP contribution >= 0.6 is 23.2 Å². The summed E-state index contributed by atoms with van der Waals surface area (Å²) in [5, 5.41) is 3.48. The molecule has 0 saturated carbocycles. The van der Waals surface area contributed by atoms with Crippen LogP contribution in [0.15, 0.2) is 30.3 Å². The van der Waals surface area contributed by atoms with Gasteiger partial charge in [-0.2, -0.15) is 0 Å². The molecular formula is C18H18Cl2N4O3. The number of aromatic nitrogens is 1. The molecule has 142 valence electrons. The zero-order valence-corrected chi connectivity index (χ0v) is 16.4. The maximum atomic E-state index is 12.9. The molecule has 0 fully saturated rings. The van der Waals surface area contributed by atoms with E-state index in [2.05, 4.69) is 10.3 Å². The molecule has 1 aromatic heterocycles. The van der Waals surface area contributed by atoms with E-state index >= 15 is 0 Å². The lowest BCUT2D eigenvalue weighted by Gasteiger charge is -2.40. The van der Waals surface area contributed by atoms with Gasteiger partial charge in [0, 0.05) is 15.7 Å². The number of nitrogen functional groups attached to an aromatic ring is 1. The monoisotopic (exact) mass is 408 g/mol. The molecule has 2 heterocycles. The van der Waals surface area contributed by atoms with Gasteiger partial charge in [-0.15, -0.1) is 0 Å². The number of carbonyl (C=O) groups is 2. The molecule has 0 spiro atoms. The van der Waals surface area contributed by atoms with E-state index in [4.69, 9.17) is 33.7 Å². The highest BCUT2D eigenvalue weighted by Gasteiger charge is 2.45. The van der Waals surface area contributed by atoms with Crippen molar-refractivity contribution in [3.05, 3.63) is 40.4 Å². The third-order valence-electron chi connectivity index (χ3n) is 4.08. The maximum absolute atomic E-state index is 12.9. The van der Waals surface area contributed by atoms with Gasteiger partial charge in [0.2, 0.25) is 5.91 Å². The van der Waals surface area contributed by atoms with Gasteiger partial charge < -0.3 is 15.8 Å². The number of nitrogens with two attached hydrogens (primary N) is 1. The third-order valence-corrected chi connectivity index (χ3v) is 4.52. The maximum Gasteiger partial charge on any atom is 0.272 e. The molecule has 1 aliphatic rings. The number of hydrogen-bond acceptors (Lipinski definition) is 5. The summed E-state index contributed by atoms with van der Waals surface area (Å²) >= 11 is 11.9. The second-order valence-electron chi connectivity index (χ2n) is 6.67. The van der Waals surface area contributed by atoms with Crippen LogP contribution in [-0.2, 0) is 9.59 Å². The Morgan fingerprint density at radius 1 is 1.26 bits per heavy atom. The molecule has 1 unspecified atom stereocenters. The SMILES string of the molecule is CC(C(=O)Nc1cc(Cl)cc(Cl)c1)N1C(=O)C(C)(C)Oc2ccc(N)nc21. The first-order valence-corrected chi connectivity index (χ1v) is 8.90. The molecule has 0 bridgehead atoms. The molecular weight excluding hydrogens is 391 g/mol. The van der Waals surface area contributed by atoms with E-state index in [9.17, 15) is 9.59 Å². The van der Waals surface area contributed by atoms with E-state index in [-0.39, 0.29) is 11.6 Å². The van der Waals surface area contributed by atoms with E-state index in [1.54, 1.807) is 51.1 Å². The number of carbonyl (C=O) groups excluding carboxylic acids is 2. The van der Waals surface area contributed by atoms with Crippen LogP contribution in [0, 0.1) is 0 Å². The van der Waals surface area contributed by atoms with Crippen LogP contribution in [0.2, 0.25) is 10.0 Å². The van der Waals surface area contributed by atoms with Crippen molar-refractivity contribution in [3.8, 4) is 5.75 Å². The van der Waals surface area contributed by atoms with E-state index < -0.39 is 23.5 Å². The van der Waals surface area contributed by atoms with Crippen LogP contribution in [0.4, 0.5) is 17.3 Å². The first kappa shape index (κ1) is 19.3. The minimum atomic E-state index is -1.15. The number of pyridine rings is 1. The number of ether oxygens (including phenoxy) is 1. The van der Waals surface area contributed by atoms with Crippen LogP contribution in [0.25, 0.3) is 0 Å². The molecule has 3 N–H and O–H groups in total. The normalized spacial score (nSPS) is 16.3. The van der Waals surface area contributed by atoms with E-state index in [1.165, 1.54) is 4.90 Å². The molecule has 0 radical (unpaired) electrons. The van der Waals surface area contributed by atoms with Crippen molar-refractivity contribution < 1.29 is 14.3 Å². The minimum absolute atomic E-state index is 0.200. The summed E-state index contributed by atoms with van der Waals surface area (Å²) in [6.45, 7) is 4.85. The molecule has 2 aromatic rings. The first-order chi connectivity index (χ1) is 12.6. The quantitative estimate of drug-likeness (QED) is 0.809. The number of nitrogens with one attached hydrogen (secondary N) is 1. The van der Waals surface area contributed by atoms with Crippen molar-refractivity contribution in [1.29, 1.82) is 0 Å². The van der Waals surface area contributed by atoms with Crippen molar-refractivity contribution in [3.63, 3.8) is 0 Å². The summed E-state index contributed by atoms with van der Waals surface area (Å²) in [7, 11) is 0. The number of benzene rings is 1. The fourth-order valence-electron chi connectivity index (χ4n) is 2.76. The molecule has 1 atom stereocenters. The lowest BCUT2D eigenvalue weighted by Crippen LogP contribution is -2.58. The predicted molar refractivity (Wildman–Crippen MR) is 105 cm³/mol. The zero-order chi connectivity index (χ0) is 19.9. The summed E-state index contributed by atoms with van der Waals surface area (Å²) in [5.74, 6) is -0.0520. The average molecular weight is 409 g/mol. The lowest BCUT2D eigenvalue weighted by atomic mass is 10.0. The molecule has 0 aliphatic carbocycles. The number of amides is 2. The van der Waals surface area contributed by atoms with E-state index in [0.717, 1.165) is 0 Å². The summed E-state index contributed by atoms with van der Waals surface area (Å²) in [6, 6.07) is 6.99. The molecule has 7 nitrogen and oxygen atoms in total. The zero-order valence-electron chi connectivity index (χ0n) is 14.9. The number of anilines is 3. The summed E-state index contributed by atoms with van der Waals surface area (Å²) in [4.78, 5) is 31.2. The van der Waals surface area contributed by atoms with Gasteiger partial charge in [-0.25, -0.2) is 4.98 Å². The second-order valence-corrected chi connectivity index (χ2v) is 7.54. The highest BCUT2D eigenvalue weighted by molar-refractivity contribution is 6.35. The first-order valence-electron chi connectivity index (χ1n) is 8.14. The topological polar surface area (TPSA) is 97.5 Å². The van der Waals surface area contributed by atoms with Crippen molar-refractivity contribution in [2.75, 3.05) is 16.0 Å². The van der Waals surface area contributed by atoms with Gasteiger partial charge in [0.05, 0.1) is 0 Å². The van der Waals surface area contributed by atoms with Crippen molar-refractivity contribution in [1.82, 2.24) is 4.98 Å². The number of rotatable bonds is 3. The van der Waals surface area contributed by atoms with E-state index in [0.29, 0.717) is 21.5 Å². The van der Waals surface area contributed by atoms with Crippen molar-refractivity contribution in [2.45, 2.75) is 32.4 Å². The third kappa shape index (κ3) is 3.79. The molecule has 1 aromatic carbocycles. The van der Waals surface area contributed by atoms with Crippen LogP contribution in [0.5, 0.6) is 5.75 Å². The van der Waals surface area contributed by atoms with Gasteiger partial charge >= 0.3 is 0 Å². The van der Waals surface area contributed by atoms with Crippen LogP contribution in [0.1, 0.15) is 20.8 Å². The summed E-state index contributed by atoms with van der Waals surface area (Å²) in [5.41, 5.74) is 5.02. The Morgan fingerprint density at radius 3 is 2.52 bits per heavy atom. The Kier molecular flexibility index (Phi) is 4.92. The van der Waals surface area contributed by atoms with Crippen LogP contribution < -0.4 is 20.7 Å². The number of fused-ring (bicyclic) bond motifs is 1. The number of halogens is 2. The highest BCUT2D eigenvalue weighted by atomic mass is 35.5. The Morgan fingerprint density at radius 2 is 1.89 bits per heavy atom. The molecule has 0 saturated heterocycles. The fraction of sp³-hybridized carbons (Fsp3) is 0.278. The molecule has 2 amide bonds. The number of hydrogen-bond donors (Lipinski definition) is 2. The summed E-state index contributed by atoms with van der Waals surface area (Å²) in [6.07, 6.45) is 0. The van der Waals surface area contributed by atoms with Crippen molar-refractivity contribution in [2.24, 2.45) is 0 Å². The Labute approximate surface area is 166 Å². The van der Waals surface area contributed by atoms with Gasteiger partial charge in [0.15, 0.2) is 17.2 Å². The molecule has 3 rings (SSSR count). The van der Waals surface area contributed by atoms with Gasteiger partial charge in [-0.05, 0) is 51.1 Å². The van der Waals surface area contributed by atoms with Gasteiger partial charge in [0.1, 0.15) is 11.9 Å². The van der Waals surface area contributed by atoms with E-state index in [1.807, 2.05) is 0 Å². The van der Waals surface area contributed by atoms with Crippen molar-refractivity contribution >= 4 is 52.3 Å². The van der Waals surface area contributed by atoms with Crippen LogP contribution in [0.3, 0.4) is 0 Å². The summed E-state index contributed by atoms with van der Waals surface area (Å²) < 4.78 is 5.72. The Hall–Kier alpha value is -2.51.